The number of nitrogens with one attached hydrogen (secondary N) is 1. The molecule has 0 aromatic carbocycles. The van der Waals surface area contributed by atoms with E-state index in [1.54, 1.807) is 4.90 Å². The van der Waals surface area contributed by atoms with E-state index in [4.69, 9.17) is 4.74 Å². The van der Waals surface area contributed by atoms with Gasteiger partial charge in [-0.1, -0.05) is 0 Å². The van der Waals surface area contributed by atoms with Gasteiger partial charge in [-0.25, -0.2) is 4.79 Å². The lowest BCUT2D eigenvalue weighted by Crippen LogP contribution is -2.36. The second-order valence-electron chi connectivity index (χ2n) is 5.27. The van der Waals surface area contributed by atoms with Crippen molar-refractivity contribution in [1.29, 1.82) is 0 Å². The van der Waals surface area contributed by atoms with E-state index in [0.717, 1.165) is 0 Å². The van der Waals surface area contributed by atoms with Crippen LogP contribution in [0.3, 0.4) is 0 Å². The molecular formula is C11H22N2O3. The van der Waals surface area contributed by atoms with Crippen LogP contribution in [0.2, 0.25) is 0 Å². The summed E-state index contributed by atoms with van der Waals surface area (Å²) in [7, 11) is 1.84. The van der Waals surface area contributed by atoms with Gasteiger partial charge in [-0.2, -0.15) is 0 Å². The Balaban J connectivity index is 2.48. The highest BCUT2D eigenvalue weighted by Gasteiger charge is 2.35. The van der Waals surface area contributed by atoms with E-state index in [1.165, 1.54) is 0 Å². The highest BCUT2D eigenvalue weighted by Crippen LogP contribution is 2.19. The predicted molar refractivity (Wildman–Crippen MR) is 61.2 cm³/mol. The molecule has 5 nitrogen and oxygen atoms in total. The zero-order chi connectivity index (χ0) is 12.3. The number of amides is 1. The van der Waals surface area contributed by atoms with E-state index in [9.17, 15) is 9.90 Å². The molecule has 0 aliphatic carbocycles. The maximum Gasteiger partial charge on any atom is 0.410 e. The number of carbonyl (C=O) groups is 1. The molecule has 0 aromatic heterocycles. The lowest BCUT2D eigenvalue weighted by molar-refractivity contribution is 0.0270. The summed E-state index contributed by atoms with van der Waals surface area (Å²) in [6.45, 7) is 7.13. The van der Waals surface area contributed by atoms with Crippen molar-refractivity contribution in [3.8, 4) is 0 Å². The zero-order valence-electron chi connectivity index (χ0n) is 10.5. The average Bonchev–Trinajstić information content (AvgIpc) is 2.46. The Kier molecular flexibility index (Phi) is 4.15. The molecule has 2 unspecified atom stereocenters. The second-order valence-corrected chi connectivity index (χ2v) is 5.27. The summed E-state index contributed by atoms with van der Waals surface area (Å²) in [5.41, 5.74) is -0.483. The third-order valence-corrected chi connectivity index (χ3v) is 2.52. The topological polar surface area (TPSA) is 61.8 Å². The number of likely N-dealkylation sites (tertiary alicyclic amines) is 1. The van der Waals surface area contributed by atoms with Gasteiger partial charge in [0.1, 0.15) is 5.60 Å². The minimum Gasteiger partial charge on any atom is -0.444 e. The molecule has 2 N–H and O–H groups in total. The van der Waals surface area contributed by atoms with Gasteiger partial charge in [0, 0.05) is 19.0 Å². The molecule has 1 aliphatic heterocycles. The largest absolute Gasteiger partial charge is 0.444 e. The van der Waals surface area contributed by atoms with Crippen LogP contribution in [0.4, 0.5) is 4.79 Å². The molecule has 1 fully saturated rings. The first-order valence-electron chi connectivity index (χ1n) is 5.64. The Hall–Kier alpha value is -0.810. The molecule has 0 aromatic rings. The quantitative estimate of drug-likeness (QED) is 0.722. The number of rotatable bonds is 2. The molecule has 1 heterocycles. The Morgan fingerprint density at radius 2 is 2.12 bits per heavy atom. The van der Waals surface area contributed by atoms with E-state index in [1.807, 2.05) is 27.8 Å². The van der Waals surface area contributed by atoms with Crippen LogP contribution in [0.15, 0.2) is 0 Å². The van der Waals surface area contributed by atoms with Crippen LogP contribution in [0.25, 0.3) is 0 Å². The maximum atomic E-state index is 11.7. The third-order valence-electron chi connectivity index (χ3n) is 2.52. The molecule has 1 rings (SSSR count). The molecule has 0 saturated carbocycles. The lowest BCUT2D eigenvalue weighted by Gasteiger charge is -2.24. The third kappa shape index (κ3) is 3.64. The van der Waals surface area contributed by atoms with Crippen LogP contribution >= 0.6 is 0 Å². The average molecular weight is 230 g/mol. The predicted octanol–water partition coefficient (Wildman–Crippen LogP) is 0.434. The Bertz CT molecular complexity index is 250. The minimum absolute atomic E-state index is 0.0949. The number of aliphatic hydroxyl groups is 1. The van der Waals surface area contributed by atoms with Crippen LogP contribution in [0, 0.1) is 5.92 Å². The fourth-order valence-electron chi connectivity index (χ4n) is 1.79. The summed E-state index contributed by atoms with van der Waals surface area (Å²) >= 11 is 0. The van der Waals surface area contributed by atoms with Gasteiger partial charge >= 0.3 is 6.09 Å². The molecule has 5 heteroatoms. The standard InChI is InChI=1S/C11H22N2O3/c1-11(2,3)16-10(15)13-6-8(5-12-4)9(14)7-13/h8-9,12,14H,5-7H2,1-4H3. The van der Waals surface area contributed by atoms with E-state index in [0.29, 0.717) is 19.6 Å². The van der Waals surface area contributed by atoms with Crippen LogP contribution in [-0.4, -0.2) is 54.5 Å². The molecule has 1 amide bonds. The van der Waals surface area contributed by atoms with E-state index >= 15 is 0 Å². The molecule has 1 saturated heterocycles. The minimum atomic E-state index is -0.483. The van der Waals surface area contributed by atoms with E-state index < -0.39 is 11.7 Å². The van der Waals surface area contributed by atoms with Crippen molar-refractivity contribution < 1.29 is 14.6 Å². The van der Waals surface area contributed by atoms with Gasteiger partial charge in [0.2, 0.25) is 0 Å². The van der Waals surface area contributed by atoms with Crippen molar-refractivity contribution >= 4 is 6.09 Å². The SMILES string of the molecule is CNCC1CN(C(=O)OC(C)(C)C)CC1O. The highest BCUT2D eigenvalue weighted by molar-refractivity contribution is 5.68. The van der Waals surface area contributed by atoms with Crippen LogP contribution in [0.1, 0.15) is 20.8 Å². The molecule has 0 bridgehead atoms. The zero-order valence-corrected chi connectivity index (χ0v) is 10.5. The lowest BCUT2D eigenvalue weighted by atomic mass is 10.1. The number of hydrogen-bond acceptors (Lipinski definition) is 4. The number of carbonyl (C=O) groups excluding carboxylic acids is 1. The van der Waals surface area contributed by atoms with E-state index in [-0.39, 0.29) is 12.0 Å². The normalized spacial score (nSPS) is 25.9. The Morgan fingerprint density at radius 1 is 1.50 bits per heavy atom. The molecular weight excluding hydrogens is 208 g/mol. The maximum absolute atomic E-state index is 11.7. The summed E-state index contributed by atoms with van der Waals surface area (Å²) in [6.07, 6.45) is -0.801. The molecule has 2 atom stereocenters. The number of nitrogens with zero attached hydrogens (tertiary/aromatic N) is 1. The van der Waals surface area contributed by atoms with Gasteiger partial charge in [0.15, 0.2) is 0 Å². The summed E-state index contributed by atoms with van der Waals surface area (Å²) in [5, 5.41) is 12.8. The van der Waals surface area contributed by atoms with Gasteiger partial charge in [0.05, 0.1) is 12.6 Å². The summed E-state index contributed by atoms with van der Waals surface area (Å²) in [5.74, 6) is 0.0949. The van der Waals surface area contributed by atoms with Crippen LogP contribution in [0.5, 0.6) is 0 Å². The monoisotopic (exact) mass is 230 g/mol. The first kappa shape index (κ1) is 13.3. The fraction of sp³-hybridized carbons (Fsp3) is 0.909. The Morgan fingerprint density at radius 3 is 2.62 bits per heavy atom. The Labute approximate surface area is 96.8 Å². The second kappa shape index (κ2) is 5.01. The van der Waals surface area contributed by atoms with E-state index in [2.05, 4.69) is 5.32 Å². The van der Waals surface area contributed by atoms with Crippen molar-refractivity contribution in [3.63, 3.8) is 0 Å². The molecule has 16 heavy (non-hydrogen) atoms. The van der Waals surface area contributed by atoms with Crippen molar-refractivity contribution in [2.75, 3.05) is 26.7 Å². The molecule has 0 radical (unpaired) electrons. The molecule has 94 valence electrons. The fourth-order valence-corrected chi connectivity index (χ4v) is 1.79. The number of hydrogen-bond donors (Lipinski definition) is 2. The van der Waals surface area contributed by atoms with Crippen LogP contribution < -0.4 is 5.32 Å². The first-order chi connectivity index (χ1) is 7.33. The van der Waals surface area contributed by atoms with Crippen molar-refractivity contribution in [3.05, 3.63) is 0 Å². The van der Waals surface area contributed by atoms with Gasteiger partial charge in [0.25, 0.3) is 0 Å². The summed E-state index contributed by atoms with van der Waals surface area (Å²) in [6, 6.07) is 0. The van der Waals surface area contributed by atoms with Gasteiger partial charge < -0.3 is 20.1 Å². The number of aliphatic hydroxyl groups excluding tert-OH is 1. The highest BCUT2D eigenvalue weighted by atomic mass is 16.6. The summed E-state index contributed by atoms with van der Waals surface area (Å²) in [4.78, 5) is 13.3. The van der Waals surface area contributed by atoms with Gasteiger partial charge in [-0.05, 0) is 27.8 Å². The van der Waals surface area contributed by atoms with Crippen molar-refractivity contribution in [2.45, 2.75) is 32.5 Å². The number of ether oxygens (including phenoxy) is 1. The van der Waals surface area contributed by atoms with Crippen molar-refractivity contribution in [1.82, 2.24) is 10.2 Å². The van der Waals surface area contributed by atoms with Crippen molar-refractivity contribution in [2.24, 2.45) is 5.92 Å². The smallest absolute Gasteiger partial charge is 0.410 e. The number of β-amino-alcohol motifs (C(OH)–C–C–N with tert-alkyl or cyclic N) is 1. The van der Waals surface area contributed by atoms with Crippen LogP contribution in [-0.2, 0) is 4.74 Å². The molecule has 1 aliphatic rings. The summed E-state index contributed by atoms with van der Waals surface area (Å²) < 4.78 is 5.25. The van der Waals surface area contributed by atoms with Gasteiger partial charge in [-0.3, -0.25) is 0 Å². The molecule has 0 spiro atoms. The van der Waals surface area contributed by atoms with Gasteiger partial charge in [-0.15, -0.1) is 0 Å². The first-order valence-corrected chi connectivity index (χ1v) is 5.64.